The Bertz CT molecular complexity index is 791. The minimum Gasteiger partial charge on any atom is -0.497 e. The van der Waals surface area contributed by atoms with E-state index in [9.17, 15) is 4.79 Å². The highest BCUT2D eigenvalue weighted by Gasteiger charge is 2.04. The number of benzene rings is 2. The SMILES string of the molecule is COc1ccc(Cn2ncc3ccccc3c2=O)cc1. The molecule has 3 aromatic rings. The van der Waals surface area contributed by atoms with Gasteiger partial charge < -0.3 is 4.74 Å². The minimum atomic E-state index is -0.0704. The van der Waals surface area contributed by atoms with Crippen LogP contribution in [0.25, 0.3) is 10.8 Å². The number of hydrogen-bond donors (Lipinski definition) is 0. The van der Waals surface area contributed by atoms with Gasteiger partial charge in [-0.15, -0.1) is 0 Å². The van der Waals surface area contributed by atoms with Gasteiger partial charge in [0.15, 0.2) is 0 Å². The highest BCUT2D eigenvalue weighted by Crippen LogP contribution is 2.12. The lowest BCUT2D eigenvalue weighted by Gasteiger charge is -2.07. The number of ether oxygens (including phenoxy) is 1. The minimum absolute atomic E-state index is 0.0704. The number of methoxy groups -OCH3 is 1. The molecule has 3 rings (SSSR count). The second-order valence-corrected chi connectivity index (χ2v) is 4.54. The molecule has 0 amide bonds. The quantitative estimate of drug-likeness (QED) is 0.731. The van der Waals surface area contributed by atoms with E-state index in [4.69, 9.17) is 4.74 Å². The molecular weight excluding hydrogens is 252 g/mol. The third-order valence-electron chi connectivity index (χ3n) is 3.25. The average molecular weight is 266 g/mol. The molecule has 0 radical (unpaired) electrons. The van der Waals surface area contributed by atoms with Crippen molar-refractivity contribution in [2.45, 2.75) is 6.54 Å². The van der Waals surface area contributed by atoms with Gasteiger partial charge in [-0.25, -0.2) is 4.68 Å². The van der Waals surface area contributed by atoms with Gasteiger partial charge in [-0.3, -0.25) is 4.79 Å². The molecule has 1 heterocycles. The van der Waals surface area contributed by atoms with Crippen molar-refractivity contribution in [1.82, 2.24) is 9.78 Å². The summed E-state index contributed by atoms with van der Waals surface area (Å²) >= 11 is 0. The Hall–Kier alpha value is -2.62. The number of hydrogen-bond acceptors (Lipinski definition) is 3. The third kappa shape index (κ3) is 2.28. The molecule has 4 heteroatoms. The van der Waals surface area contributed by atoms with E-state index in [1.807, 2.05) is 48.5 Å². The maximum Gasteiger partial charge on any atom is 0.274 e. The van der Waals surface area contributed by atoms with Crippen molar-refractivity contribution in [3.8, 4) is 5.75 Å². The lowest BCUT2D eigenvalue weighted by atomic mass is 10.2. The van der Waals surface area contributed by atoms with Gasteiger partial charge in [-0.05, 0) is 23.8 Å². The van der Waals surface area contributed by atoms with E-state index >= 15 is 0 Å². The third-order valence-corrected chi connectivity index (χ3v) is 3.25. The Labute approximate surface area is 116 Å². The number of aromatic nitrogens is 2. The van der Waals surface area contributed by atoms with Crippen molar-refractivity contribution in [1.29, 1.82) is 0 Å². The Morgan fingerprint density at radius 3 is 2.60 bits per heavy atom. The van der Waals surface area contributed by atoms with Crippen molar-refractivity contribution in [3.05, 3.63) is 70.6 Å². The van der Waals surface area contributed by atoms with Crippen LogP contribution in [-0.4, -0.2) is 16.9 Å². The Balaban J connectivity index is 1.98. The zero-order valence-electron chi connectivity index (χ0n) is 11.1. The largest absolute Gasteiger partial charge is 0.497 e. The van der Waals surface area contributed by atoms with E-state index in [0.717, 1.165) is 16.7 Å². The van der Waals surface area contributed by atoms with Gasteiger partial charge in [0.25, 0.3) is 5.56 Å². The Kier molecular flexibility index (Phi) is 3.21. The van der Waals surface area contributed by atoms with Gasteiger partial charge in [0.2, 0.25) is 0 Å². The topological polar surface area (TPSA) is 44.1 Å². The zero-order chi connectivity index (χ0) is 13.9. The molecule has 0 aliphatic heterocycles. The Morgan fingerprint density at radius 1 is 1.10 bits per heavy atom. The normalized spacial score (nSPS) is 10.7. The first kappa shape index (κ1) is 12.4. The molecule has 0 aliphatic carbocycles. The zero-order valence-corrected chi connectivity index (χ0v) is 11.1. The smallest absolute Gasteiger partial charge is 0.274 e. The molecule has 0 spiro atoms. The summed E-state index contributed by atoms with van der Waals surface area (Å²) in [7, 11) is 1.63. The first-order valence-electron chi connectivity index (χ1n) is 6.36. The molecule has 20 heavy (non-hydrogen) atoms. The monoisotopic (exact) mass is 266 g/mol. The predicted octanol–water partition coefficient (Wildman–Crippen LogP) is 2.45. The van der Waals surface area contributed by atoms with Crippen LogP contribution in [0.1, 0.15) is 5.56 Å². The van der Waals surface area contributed by atoms with Crippen LogP contribution in [0, 0.1) is 0 Å². The van der Waals surface area contributed by atoms with Crippen molar-refractivity contribution in [2.75, 3.05) is 7.11 Å². The lowest BCUT2D eigenvalue weighted by Crippen LogP contribution is -2.23. The van der Waals surface area contributed by atoms with E-state index in [2.05, 4.69) is 5.10 Å². The summed E-state index contributed by atoms with van der Waals surface area (Å²) in [6, 6.07) is 15.1. The summed E-state index contributed by atoms with van der Waals surface area (Å²) in [5.74, 6) is 0.799. The van der Waals surface area contributed by atoms with Crippen LogP contribution in [0.3, 0.4) is 0 Å². The Morgan fingerprint density at radius 2 is 1.85 bits per heavy atom. The molecule has 0 unspecified atom stereocenters. The highest BCUT2D eigenvalue weighted by atomic mass is 16.5. The van der Waals surface area contributed by atoms with Gasteiger partial charge in [0.05, 0.1) is 25.2 Å². The van der Waals surface area contributed by atoms with Crippen LogP contribution in [-0.2, 0) is 6.54 Å². The molecule has 4 nitrogen and oxygen atoms in total. The van der Waals surface area contributed by atoms with Crippen LogP contribution in [0.4, 0.5) is 0 Å². The highest BCUT2D eigenvalue weighted by molar-refractivity contribution is 5.80. The molecule has 2 aromatic carbocycles. The van der Waals surface area contributed by atoms with Crippen molar-refractivity contribution < 1.29 is 4.74 Å². The molecule has 100 valence electrons. The summed E-state index contributed by atoms with van der Waals surface area (Å²) < 4.78 is 6.59. The molecule has 0 saturated heterocycles. The second-order valence-electron chi connectivity index (χ2n) is 4.54. The average Bonchev–Trinajstić information content (AvgIpc) is 2.51. The van der Waals surface area contributed by atoms with E-state index in [0.29, 0.717) is 11.9 Å². The maximum absolute atomic E-state index is 12.3. The summed E-state index contributed by atoms with van der Waals surface area (Å²) in [5.41, 5.74) is 0.939. The fraction of sp³-hybridized carbons (Fsp3) is 0.125. The van der Waals surface area contributed by atoms with Crippen molar-refractivity contribution >= 4 is 10.8 Å². The second kappa shape index (κ2) is 5.17. The summed E-state index contributed by atoms with van der Waals surface area (Å²) in [6.45, 7) is 0.452. The molecule has 1 aromatic heterocycles. The van der Waals surface area contributed by atoms with Crippen molar-refractivity contribution in [2.24, 2.45) is 0 Å². The maximum atomic E-state index is 12.3. The molecular formula is C16H14N2O2. The first-order chi connectivity index (χ1) is 9.78. The molecule has 0 saturated carbocycles. The van der Waals surface area contributed by atoms with Gasteiger partial charge >= 0.3 is 0 Å². The van der Waals surface area contributed by atoms with E-state index < -0.39 is 0 Å². The van der Waals surface area contributed by atoms with Crippen LogP contribution >= 0.6 is 0 Å². The molecule has 0 fully saturated rings. The van der Waals surface area contributed by atoms with Gasteiger partial charge in [0.1, 0.15) is 5.75 Å². The van der Waals surface area contributed by atoms with Crippen LogP contribution in [0.15, 0.2) is 59.5 Å². The number of nitrogens with zero attached hydrogens (tertiary/aromatic N) is 2. The van der Waals surface area contributed by atoms with Gasteiger partial charge in [-0.2, -0.15) is 5.10 Å². The standard InChI is InChI=1S/C16H14N2O2/c1-20-14-8-6-12(7-9-14)11-18-16(19)15-5-3-2-4-13(15)10-17-18/h2-10H,11H2,1H3. The van der Waals surface area contributed by atoms with Crippen LogP contribution in [0.2, 0.25) is 0 Å². The molecule has 0 bridgehead atoms. The lowest BCUT2D eigenvalue weighted by molar-refractivity contribution is 0.414. The number of fused-ring (bicyclic) bond motifs is 1. The van der Waals surface area contributed by atoms with E-state index in [-0.39, 0.29) is 5.56 Å². The van der Waals surface area contributed by atoms with Gasteiger partial charge in [-0.1, -0.05) is 30.3 Å². The fourth-order valence-electron chi connectivity index (χ4n) is 2.14. The van der Waals surface area contributed by atoms with E-state index in [1.165, 1.54) is 4.68 Å². The summed E-state index contributed by atoms with van der Waals surface area (Å²) in [6.07, 6.45) is 1.72. The van der Waals surface area contributed by atoms with Gasteiger partial charge in [0, 0.05) is 5.39 Å². The molecule has 0 atom stereocenters. The van der Waals surface area contributed by atoms with Crippen molar-refractivity contribution in [3.63, 3.8) is 0 Å². The molecule has 0 N–H and O–H groups in total. The van der Waals surface area contributed by atoms with Crippen LogP contribution in [0.5, 0.6) is 5.75 Å². The fourth-order valence-corrected chi connectivity index (χ4v) is 2.14. The van der Waals surface area contributed by atoms with Crippen LogP contribution < -0.4 is 10.3 Å². The predicted molar refractivity (Wildman–Crippen MR) is 78.1 cm³/mol. The summed E-state index contributed by atoms with van der Waals surface area (Å²) in [5, 5.41) is 5.77. The summed E-state index contributed by atoms with van der Waals surface area (Å²) in [4.78, 5) is 12.3. The first-order valence-corrected chi connectivity index (χ1v) is 6.36. The molecule has 0 aliphatic rings. The number of rotatable bonds is 3. The van der Waals surface area contributed by atoms with E-state index in [1.54, 1.807) is 13.3 Å².